The molecule has 0 spiro atoms. The minimum Gasteiger partial charge on any atom is -0.479 e. The fourth-order valence-electron chi connectivity index (χ4n) is 4.69. The lowest BCUT2D eigenvalue weighted by Gasteiger charge is -2.46. The van der Waals surface area contributed by atoms with Gasteiger partial charge in [0.1, 0.15) is 12.2 Å². The highest BCUT2D eigenvalue weighted by Gasteiger charge is 2.49. The average molecular weight is 500 g/mol. The van der Waals surface area contributed by atoms with Gasteiger partial charge in [0.2, 0.25) is 0 Å². The van der Waals surface area contributed by atoms with Gasteiger partial charge in [-0.3, -0.25) is 0 Å². The average Bonchev–Trinajstić information content (AvgIpc) is 2.82. The predicted octanol–water partition coefficient (Wildman–Crippen LogP) is -5.49. The summed E-state index contributed by atoms with van der Waals surface area (Å²) in [5.74, 6) is -4.27. The van der Waals surface area contributed by atoms with Crippen molar-refractivity contribution in [2.45, 2.75) is 86.4 Å². The molecule has 0 aromatic carbocycles. The Morgan fingerprint density at radius 2 is 1.50 bits per heavy atom. The number of hydrogen-bond donors (Lipinski definition) is 11. The van der Waals surface area contributed by atoms with Crippen molar-refractivity contribution in [3.63, 3.8) is 0 Å². The molecule has 2 fully saturated rings. The molecule has 13 atom stereocenters. The number of aliphatic hydroxyl groups excluding tert-OH is 10. The first-order valence-corrected chi connectivity index (χ1v) is 11.1. The van der Waals surface area contributed by atoms with Crippen LogP contribution in [0.3, 0.4) is 0 Å². The van der Waals surface area contributed by atoms with Crippen LogP contribution in [0.15, 0.2) is 0 Å². The van der Waals surface area contributed by atoms with E-state index in [9.17, 15) is 55.9 Å². The Labute approximate surface area is 195 Å². The van der Waals surface area contributed by atoms with Gasteiger partial charge in [-0.2, -0.15) is 0 Å². The fraction of sp³-hybridized carbons (Fsp3) is 0.950. The minimum atomic E-state index is -2.31. The van der Waals surface area contributed by atoms with Crippen molar-refractivity contribution in [3.8, 4) is 0 Å². The van der Waals surface area contributed by atoms with E-state index in [4.69, 9.17) is 14.6 Å². The van der Waals surface area contributed by atoms with Gasteiger partial charge in [-0.25, -0.2) is 4.79 Å². The van der Waals surface area contributed by atoms with Crippen molar-refractivity contribution in [1.29, 1.82) is 0 Å². The summed E-state index contributed by atoms with van der Waals surface area (Å²) in [5.41, 5.74) is 0. The van der Waals surface area contributed by atoms with Gasteiger partial charge in [0.15, 0.2) is 6.10 Å². The third-order valence-electron chi connectivity index (χ3n) is 6.73. The summed E-state index contributed by atoms with van der Waals surface area (Å²) < 4.78 is 11.2. The van der Waals surface area contributed by atoms with E-state index in [-0.39, 0.29) is 12.8 Å². The van der Waals surface area contributed by atoms with Gasteiger partial charge in [-0.1, -0.05) is 0 Å². The van der Waals surface area contributed by atoms with Crippen molar-refractivity contribution in [1.82, 2.24) is 0 Å². The molecular formula is C20H36O14. The van der Waals surface area contributed by atoms with Crippen LogP contribution < -0.4 is 0 Å². The molecule has 0 radical (unpaired) electrons. The van der Waals surface area contributed by atoms with Crippen LogP contribution in [0.1, 0.15) is 19.3 Å². The quantitative estimate of drug-likeness (QED) is 0.126. The van der Waals surface area contributed by atoms with Crippen LogP contribution in [0, 0.1) is 11.8 Å². The Morgan fingerprint density at radius 3 is 2.03 bits per heavy atom. The second kappa shape index (κ2) is 12.8. The van der Waals surface area contributed by atoms with Crippen molar-refractivity contribution >= 4 is 5.97 Å². The van der Waals surface area contributed by atoms with Crippen LogP contribution in [0.2, 0.25) is 0 Å². The molecule has 0 bridgehead atoms. The van der Waals surface area contributed by atoms with Gasteiger partial charge >= 0.3 is 5.97 Å². The van der Waals surface area contributed by atoms with Gasteiger partial charge in [-0.05, 0) is 12.8 Å². The standard InChI is InChI=1S/C20H36O14/c21-4-7-1-10(24)17(28)12(33-7)3-9-14(6-23)34-13(18(29)16(9)27)2-8(11(25)5-22)15(26)19(30)20(31)32/h7-19,21-30H,1-6H2,(H,31,32). The van der Waals surface area contributed by atoms with Crippen molar-refractivity contribution < 1.29 is 70.4 Å². The predicted molar refractivity (Wildman–Crippen MR) is 109 cm³/mol. The molecule has 0 aromatic rings. The van der Waals surface area contributed by atoms with Gasteiger partial charge in [0, 0.05) is 18.3 Å². The van der Waals surface area contributed by atoms with Gasteiger partial charge in [0.25, 0.3) is 0 Å². The van der Waals surface area contributed by atoms with Crippen LogP contribution in [0.4, 0.5) is 0 Å². The number of aliphatic hydroxyl groups is 10. The lowest BCUT2D eigenvalue weighted by molar-refractivity contribution is -0.237. The van der Waals surface area contributed by atoms with Gasteiger partial charge < -0.3 is 65.6 Å². The smallest absolute Gasteiger partial charge is 0.335 e. The Bertz CT molecular complexity index is 634. The molecular weight excluding hydrogens is 464 g/mol. The first-order chi connectivity index (χ1) is 16.0. The van der Waals surface area contributed by atoms with Crippen LogP contribution in [-0.4, -0.2) is 149 Å². The molecule has 0 aromatic heterocycles. The van der Waals surface area contributed by atoms with Crippen molar-refractivity contribution in [2.75, 3.05) is 19.8 Å². The van der Waals surface area contributed by atoms with Crippen molar-refractivity contribution in [3.05, 3.63) is 0 Å². The second-order valence-corrected chi connectivity index (χ2v) is 8.97. The van der Waals surface area contributed by atoms with Crippen LogP contribution in [0.5, 0.6) is 0 Å². The summed E-state index contributed by atoms with van der Waals surface area (Å²) in [4.78, 5) is 11.0. The van der Waals surface area contributed by atoms with Crippen molar-refractivity contribution in [2.24, 2.45) is 11.8 Å². The molecule has 2 heterocycles. The maximum Gasteiger partial charge on any atom is 0.335 e. The molecule has 14 nitrogen and oxygen atoms in total. The number of ether oxygens (including phenoxy) is 2. The SMILES string of the molecule is O=C(O)C(O)C(O)C(CC1OC(CO)C(CC2OC(CO)CC(O)C2O)C(O)C1O)C(O)CO. The maximum absolute atomic E-state index is 11.0. The highest BCUT2D eigenvalue weighted by atomic mass is 16.5. The second-order valence-electron chi connectivity index (χ2n) is 8.97. The van der Waals surface area contributed by atoms with E-state index < -0.39 is 111 Å². The normalized spacial score (nSPS) is 40.4. The summed E-state index contributed by atoms with van der Waals surface area (Å²) in [7, 11) is 0. The van der Waals surface area contributed by atoms with E-state index in [0.29, 0.717) is 0 Å². The molecule has 14 heteroatoms. The maximum atomic E-state index is 11.0. The monoisotopic (exact) mass is 500 g/mol. The fourth-order valence-corrected chi connectivity index (χ4v) is 4.69. The Kier molecular flexibility index (Phi) is 11.0. The largest absolute Gasteiger partial charge is 0.479 e. The summed E-state index contributed by atoms with van der Waals surface area (Å²) in [5, 5.41) is 109. The Balaban J connectivity index is 2.17. The zero-order chi connectivity index (χ0) is 25.7. The number of carboxylic acids is 1. The number of carboxylic acid groups (broad SMARTS) is 1. The van der Waals surface area contributed by atoms with E-state index in [2.05, 4.69) is 0 Å². The Hall–Kier alpha value is -1.01. The molecule has 13 unspecified atom stereocenters. The molecule has 34 heavy (non-hydrogen) atoms. The molecule has 2 aliphatic heterocycles. The third-order valence-corrected chi connectivity index (χ3v) is 6.73. The summed E-state index contributed by atoms with van der Waals surface area (Å²) in [6.45, 7) is -1.98. The topological polar surface area (TPSA) is 258 Å². The molecule has 2 rings (SSSR count). The summed E-state index contributed by atoms with van der Waals surface area (Å²) >= 11 is 0. The van der Waals surface area contributed by atoms with E-state index in [1.807, 2.05) is 0 Å². The van der Waals surface area contributed by atoms with Crippen LogP contribution in [-0.2, 0) is 14.3 Å². The summed E-state index contributed by atoms with van der Waals surface area (Å²) in [6.07, 6.45) is -16.9. The summed E-state index contributed by atoms with van der Waals surface area (Å²) in [6, 6.07) is 0. The molecule has 0 saturated carbocycles. The highest BCUT2D eigenvalue weighted by molar-refractivity contribution is 5.72. The number of rotatable bonds is 11. The molecule has 0 amide bonds. The zero-order valence-electron chi connectivity index (χ0n) is 18.4. The van der Waals surface area contributed by atoms with Crippen LogP contribution >= 0.6 is 0 Å². The van der Waals surface area contributed by atoms with E-state index in [1.54, 1.807) is 0 Å². The first-order valence-electron chi connectivity index (χ1n) is 11.1. The third kappa shape index (κ3) is 6.60. The molecule has 11 N–H and O–H groups in total. The lowest BCUT2D eigenvalue weighted by Crippen LogP contribution is -2.59. The minimum absolute atomic E-state index is 0.00882. The highest BCUT2D eigenvalue weighted by Crippen LogP contribution is 2.36. The van der Waals surface area contributed by atoms with E-state index in [0.717, 1.165) is 0 Å². The molecule has 200 valence electrons. The van der Waals surface area contributed by atoms with E-state index in [1.165, 1.54) is 0 Å². The zero-order valence-corrected chi connectivity index (χ0v) is 18.4. The number of aliphatic carboxylic acids is 1. The Morgan fingerprint density at radius 1 is 0.853 bits per heavy atom. The number of hydrogen-bond acceptors (Lipinski definition) is 13. The van der Waals surface area contributed by atoms with Crippen LogP contribution in [0.25, 0.3) is 0 Å². The molecule has 0 aliphatic carbocycles. The molecule has 2 saturated heterocycles. The van der Waals surface area contributed by atoms with E-state index >= 15 is 0 Å². The van der Waals surface area contributed by atoms with Gasteiger partial charge in [-0.15, -0.1) is 0 Å². The number of carbonyl (C=O) groups is 1. The molecule has 2 aliphatic rings. The first kappa shape index (κ1) is 29.2. The van der Waals surface area contributed by atoms with Gasteiger partial charge in [0.05, 0.1) is 68.7 Å². The lowest BCUT2D eigenvalue weighted by atomic mass is 9.78.